The Morgan fingerprint density at radius 1 is 1.27 bits per heavy atom. The molecule has 4 heteroatoms. The lowest BCUT2D eigenvalue weighted by Crippen LogP contribution is -2.31. The maximum atomic E-state index is 8.94. The van der Waals surface area contributed by atoms with Gasteiger partial charge in [0.05, 0.1) is 0 Å². The van der Waals surface area contributed by atoms with Crippen LogP contribution in [0.3, 0.4) is 0 Å². The fourth-order valence-corrected chi connectivity index (χ4v) is 2.30. The fraction of sp³-hybridized carbons (Fsp3) is 1.00. The smallest absolute Gasteiger partial charge is 0.427 e. The van der Waals surface area contributed by atoms with Crippen LogP contribution in [0.5, 0.6) is 0 Å². The van der Waals surface area contributed by atoms with Gasteiger partial charge in [0.25, 0.3) is 0 Å². The second kappa shape index (κ2) is 2.47. The largest absolute Gasteiger partial charge is 0.455 e. The van der Waals surface area contributed by atoms with Crippen LogP contribution in [-0.2, 0) is 0 Å². The summed E-state index contributed by atoms with van der Waals surface area (Å²) in [5, 5.41) is 21.2. The van der Waals surface area contributed by atoms with E-state index in [1.807, 2.05) is 0 Å². The summed E-state index contributed by atoms with van der Waals surface area (Å²) in [6.07, 6.45) is 3.26. The van der Waals surface area contributed by atoms with Crippen molar-refractivity contribution < 1.29 is 10.0 Å². The second-order valence-corrected chi connectivity index (χ2v) is 3.84. The molecule has 1 unspecified atom stereocenters. The molecule has 1 saturated carbocycles. The van der Waals surface area contributed by atoms with Crippen molar-refractivity contribution in [2.75, 3.05) is 13.1 Å². The molecule has 1 atom stereocenters. The molecule has 1 saturated heterocycles. The topological polar surface area (TPSA) is 52.5 Å². The lowest BCUT2D eigenvalue weighted by Gasteiger charge is -2.23. The van der Waals surface area contributed by atoms with Crippen molar-refractivity contribution in [2.24, 2.45) is 5.41 Å². The van der Waals surface area contributed by atoms with E-state index < -0.39 is 7.12 Å². The van der Waals surface area contributed by atoms with Crippen LogP contribution < -0.4 is 5.32 Å². The van der Waals surface area contributed by atoms with Crippen LogP contribution in [0, 0.1) is 5.41 Å². The van der Waals surface area contributed by atoms with Crippen molar-refractivity contribution in [3.05, 3.63) is 0 Å². The minimum Gasteiger partial charge on any atom is -0.427 e. The Hall–Kier alpha value is -0.0551. The zero-order valence-electron chi connectivity index (χ0n) is 6.58. The van der Waals surface area contributed by atoms with E-state index in [1.54, 1.807) is 0 Å². The predicted octanol–water partition coefficient (Wildman–Crippen LogP) is -0.397. The third kappa shape index (κ3) is 1.19. The van der Waals surface area contributed by atoms with Gasteiger partial charge >= 0.3 is 7.12 Å². The molecule has 0 aromatic heterocycles. The standard InChI is InChI=1S/C7H14BNO2/c10-8(11)6-5-7(6)1-3-9-4-2-7/h6,9-11H,1-5H2. The summed E-state index contributed by atoms with van der Waals surface area (Å²) in [6.45, 7) is 2.09. The molecule has 1 aliphatic heterocycles. The maximum absolute atomic E-state index is 8.94. The Balaban J connectivity index is 1.93. The molecule has 0 amide bonds. The van der Waals surface area contributed by atoms with Crippen LogP contribution in [0.1, 0.15) is 19.3 Å². The van der Waals surface area contributed by atoms with Crippen molar-refractivity contribution in [1.82, 2.24) is 5.32 Å². The van der Waals surface area contributed by atoms with Crippen LogP contribution in [0.15, 0.2) is 0 Å². The van der Waals surface area contributed by atoms with Crippen LogP contribution in [-0.4, -0.2) is 30.3 Å². The van der Waals surface area contributed by atoms with Gasteiger partial charge in [-0.3, -0.25) is 0 Å². The Bertz CT molecular complexity index is 157. The van der Waals surface area contributed by atoms with Crippen LogP contribution in [0.4, 0.5) is 0 Å². The summed E-state index contributed by atoms with van der Waals surface area (Å²) in [5.41, 5.74) is 0.305. The molecule has 0 aromatic carbocycles. The molecule has 2 rings (SSSR count). The average molecular weight is 155 g/mol. The highest BCUT2D eigenvalue weighted by Crippen LogP contribution is 2.63. The third-order valence-corrected chi connectivity index (χ3v) is 3.21. The highest BCUT2D eigenvalue weighted by Gasteiger charge is 2.58. The van der Waals surface area contributed by atoms with Gasteiger partial charge in [0.2, 0.25) is 0 Å². The molecule has 0 bridgehead atoms. The van der Waals surface area contributed by atoms with Crippen molar-refractivity contribution in [3.8, 4) is 0 Å². The molecule has 1 heterocycles. The second-order valence-electron chi connectivity index (χ2n) is 3.84. The maximum Gasteiger partial charge on any atom is 0.455 e. The normalized spacial score (nSPS) is 33.8. The van der Waals surface area contributed by atoms with Gasteiger partial charge in [-0.25, -0.2) is 0 Å². The van der Waals surface area contributed by atoms with Gasteiger partial charge in [0, 0.05) is 0 Å². The van der Waals surface area contributed by atoms with E-state index in [4.69, 9.17) is 10.0 Å². The molecule has 1 aliphatic carbocycles. The first-order chi connectivity index (χ1) is 5.25. The molecule has 3 N–H and O–H groups in total. The minimum absolute atomic E-state index is 0.171. The van der Waals surface area contributed by atoms with Crippen molar-refractivity contribution in [3.63, 3.8) is 0 Å². The SMILES string of the molecule is OB(O)C1CC12CCNCC2. The fourth-order valence-electron chi connectivity index (χ4n) is 2.30. The van der Waals surface area contributed by atoms with Gasteiger partial charge in [-0.15, -0.1) is 0 Å². The summed E-state index contributed by atoms with van der Waals surface area (Å²) in [7, 11) is -1.08. The van der Waals surface area contributed by atoms with E-state index >= 15 is 0 Å². The lowest BCUT2D eigenvalue weighted by molar-refractivity contribution is 0.330. The molecule has 3 nitrogen and oxygen atoms in total. The van der Waals surface area contributed by atoms with Gasteiger partial charge in [-0.2, -0.15) is 0 Å². The number of rotatable bonds is 1. The number of hydrogen-bond acceptors (Lipinski definition) is 3. The van der Waals surface area contributed by atoms with E-state index in [0.717, 1.165) is 32.4 Å². The van der Waals surface area contributed by atoms with Crippen LogP contribution in [0.2, 0.25) is 5.82 Å². The number of piperidine rings is 1. The van der Waals surface area contributed by atoms with Gasteiger partial charge in [-0.05, 0) is 43.6 Å². The van der Waals surface area contributed by atoms with E-state index in [-0.39, 0.29) is 5.82 Å². The molecule has 2 fully saturated rings. The first-order valence-corrected chi connectivity index (χ1v) is 4.31. The molecular formula is C7H14BNO2. The lowest BCUT2D eigenvalue weighted by atomic mass is 9.75. The number of hydrogen-bond donors (Lipinski definition) is 3. The van der Waals surface area contributed by atoms with Crippen LogP contribution >= 0.6 is 0 Å². The molecule has 0 aromatic rings. The summed E-state index contributed by atoms with van der Waals surface area (Å²) >= 11 is 0. The average Bonchev–Trinajstić information content (AvgIpc) is 2.66. The first kappa shape index (κ1) is 7.59. The Morgan fingerprint density at radius 2 is 1.91 bits per heavy atom. The molecule has 62 valence electrons. The molecule has 11 heavy (non-hydrogen) atoms. The van der Waals surface area contributed by atoms with Crippen molar-refractivity contribution in [1.29, 1.82) is 0 Å². The quantitative estimate of drug-likeness (QED) is 0.451. The molecule has 1 spiro atoms. The van der Waals surface area contributed by atoms with Crippen molar-refractivity contribution >= 4 is 7.12 Å². The monoisotopic (exact) mass is 155 g/mol. The minimum atomic E-state index is -1.08. The highest BCUT2D eigenvalue weighted by atomic mass is 16.4. The van der Waals surface area contributed by atoms with Crippen molar-refractivity contribution in [2.45, 2.75) is 25.1 Å². The molecular weight excluding hydrogens is 141 g/mol. The van der Waals surface area contributed by atoms with E-state index in [9.17, 15) is 0 Å². The van der Waals surface area contributed by atoms with E-state index in [2.05, 4.69) is 5.32 Å². The zero-order valence-corrected chi connectivity index (χ0v) is 6.58. The number of nitrogens with one attached hydrogen (secondary N) is 1. The Labute approximate surface area is 66.9 Å². The van der Waals surface area contributed by atoms with Crippen LogP contribution in [0.25, 0.3) is 0 Å². The van der Waals surface area contributed by atoms with E-state index in [0.29, 0.717) is 5.41 Å². The third-order valence-electron chi connectivity index (χ3n) is 3.21. The molecule has 2 aliphatic rings. The van der Waals surface area contributed by atoms with Gasteiger partial charge in [0.1, 0.15) is 0 Å². The van der Waals surface area contributed by atoms with E-state index in [1.165, 1.54) is 0 Å². The Kier molecular flexibility index (Phi) is 1.70. The Morgan fingerprint density at radius 3 is 2.36 bits per heavy atom. The summed E-state index contributed by atoms with van der Waals surface area (Å²) in [5.74, 6) is 0.171. The first-order valence-electron chi connectivity index (χ1n) is 4.31. The summed E-state index contributed by atoms with van der Waals surface area (Å²) in [4.78, 5) is 0. The predicted molar refractivity (Wildman–Crippen MR) is 43.1 cm³/mol. The zero-order chi connectivity index (χ0) is 7.90. The summed E-state index contributed by atoms with van der Waals surface area (Å²) in [6, 6.07) is 0. The van der Waals surface area contributed by atoms with Gasteiger partial charge in [0.15, 0.2) is 0 Å². The summed E-state index contributed by atoms with van der Waals surface area (Å²) < 4.78 is 0. The molecule has 0 radical (unpaired) electrons. The van der Waals surface area contributed by atoms with Gasteiger partial charge in [-0.1, -0.05) is 0 Å². The van der Waals surface area contributed by atoms with Gasteiger partial charge < -0.3 is 15.4 Å². The highest BCUT2D eigenvalue weighted by molar-refractivity contribution is 6.44.